The summed E-state index contributed by atoms with van der Waals surface area (Å²) in [7, 11) is 0. The van der Waals surface area contributed by atoms with Crippen LogP contribution in [0.2, 0.25) is 10.0 Å². The highest BCUT2D eigenvalue weighted by Gasteiger charge is 2.24. The molecule has 4 heteroatoms. The maximum absolute atomic E-state index is 13.7. The van der Waals surface area contributed by atoms with Gasteiger partial charge in [-0.1, -0.05) is 35.3 Å². The molecule has 0 spiro atoms. The number of benzene rings is 2. The first-order chi connectivity index (χ1) is 9.15. The average Bonchev–Trinajstić information content (AvgIpc) is 2.79. The van der Waals surface area contributed by atoms with E-state index in [2.05, 4.69) is 5.32 Å². The lowest BCUT2D eigenvalue weighted by Gasteiger charge is -2.16. The molecule has 19 heavy (non-hydrogen) atoms. The third kappa shape index (κ3) is 2.43. The number of rotatable bonds is 2. The zero-order valence-corrected chi connectivity index (χ0v) is 11.6. The zero-order chi connectivity index (χ0) is 13.4. The van der Waals surface area contributed by atoms with Gasteiger partial charge >= 0.3 is 0 Å². The fraction of sp³-hybridized carbons (Fsp3) is 0.200. The Morgan fingerprint density at radius 2 is 1.95 bits per heavy atom. The van der Waals surface area contributed by atoms with E-state index in [1.54, 1.807) is 18.2 Å². The maximum Gasteiger partial charge on any atom is 0.126 e. The van der Waals surface area contributed by atoms with Gasteiger partial charge in [0.15, 0.2) is 0 Å². The molecule has 2 aromatic carbocycles. The molecule has 0 bridgehead atoms. The SMILES string of the molecule is Fc1cccc2c1CCC2Nc1ccc(Cl)c(Cl)c1. The predicted molar refractivity (Wildman–Crippen MR) is 77.5 cm³/mol. The second-order valence-electron chi connectivity index (χ2n) is 4.67. The summed E-state index contributed by atoms with van der Waals surface area (Å²) in [6.45, 7) is 0. The molecule has 0 fully saturated rings. The van der Waals surface area contributed by atoms with Crippen molar-refractivity contribution in [2.45, 2.75) is 18.9 Å². The summed E-state index contributed by atoms with van der Waals surface area (Å²) in [5, 5.41) is 4.43. The van der Waals surface area contributed by atoms with E-state index >= 15 is 0 Å². The Hall–Kier alpha value is -1.25. The minimum absolute atomic E-state index is 0.115. The topological polar surface area (TPSA) is 12.0 Å². The lowest BCUT2D eigenvalue weighted by molar-refractivity contribution is 0.612. The quantitative estimate of drug-likeness (QED) is 0.800. The van der Waals surface area contributed by atoms with E-state index in [1.807, 2.05) is 12.1 Å². The molecular weight excluding hydrogens is 284 g/mol. The van der Waals surface area contributed by atoms with Crippen molar-refractivity contribution in [3.63, 3.8) is 0 Å². The van der Waals surface area contributed by atoms with Crippen molar-refractivity contribution >= 4 is 28.9 Å². The van der Waals surface area contributed by atoms with Gasteiger partial charge < -0.3 is 5.32 Å². The molecule has 0 saturated carbocycles. The molecule has 1 nitrogen and oxygen atoms in total. The van der Waals surface area contributed by atoms with Crippen LogP contribution in [0.1, 0.15) is 23.6 Å². The normalized spacial score (nSPS) is 17.3. The summed E-state index contributed by atoms with van der Waals surface area (Å²) in [4.78, 5) is 0. The van der Waals surface area contributed by atoms with Gasteiger partial charge in [0, 0.05) is 5.69 Å². The van der Waals surface area contributed by atoms with Crippen LogP contribution in [0.15, 0.2) is 36.4 Å². The molecule has 98 valence electrons. The second-order valence-corrected chi connectivity index (χ2v) is 5.49. The van der Waals surface area contributed by atoms with E-state index in [1.165, 1.54) is 6.07 Å². The van der Waals surface area contributed by atoms with Crippen LogP contribution >= 0.6 is 23.2 Å². The highest BCUT2D eigenvalue weighted by Crippen LogP contribution is 2.36. The van der Waals surface area contributed by atoms with Crippen molar-refractivity contribution in [1.29, 1.82) is 0 Å². The van der Waals surface area contributed by atoms with E-state index in [0.29, 0.717) is 10.0 Å². The van der Waals surface area contributed by atoms with Gasteiger partial charge in [-0.25, -0.2) is 4.39 Å². The monoisotopic (exact) mass is 295 g/mol. The van der Waals surface area contributed by atoms with Crippen LogP contribution in [0.3, 0.4) is 0 Å². The Kier molecular flexibility index (Phi) is 3.38. The Balaban J connectivity index is 1.86. The number of nitrogens with one attached hydrogen (secondary N) is 1. The van der Waals surface area contributed by atoms with Gasteiger partial charge in [-0.2, -0.15) is 0 Å². The minimum Gasteiger partial charge on any atom is -0.378 e. The highest BCUT2D eigenvalue weighted by molar-refractivity contribution is 6.42. The van der Waals surface area contributed by atoms with Gasteiger partial charge in [-0.3, -0.25) is 0 Å². The van der Waals surface area contributed by atoms with E-state index in [4.69, 9.17) is 23.2 Å². The Morgan fingerprint density at radius 3 is 2.74 bits per heavy atom. The lowest BCUT2D eigenvalue weighted by atomic mass is 10.1. The van der Waals surface area contributed by atoms with E-state index in [-0.39, 0.29) is 11.9 Å². The molecule has 0 heterocycles. The summed E-state index contributed by atoms with van der Waals surface area (Å²) in [5.41, 5.74) is 2.75. The smallest absolute Gasteiger partial charge is 0.126 e. The third-order valence-electron chi connectivity index (χ3n) is 3.47. The number of hydrogen-bond acceptors (Lipinski definition) is 1. The van der Waals surface area contributed by atoms with Gasteiger partial charge in [0.1, 0.15) is 5.82 Å². The standard InChI is InChI=1S/C15H12Cl2FN/c16-12-6-4-9(8-13(12)17)19-15-7-5-10-11(15)2-1-3-14(10)18/h1-4,6,8,15,19H,5,7H2. The molecule has 0 radical (unpaired) electrons. The number of hydrogen-bond donors (Lipinski definition) is 1. The van der Waals surface area contributed by atoms with Gasteiger partial charge in [-0.05, 0) is 48.2 Å². The number of halogens is 3. The third-order valence-corrected chi connectivity index (χ3v) is 4.21. The highest BCUT2D eigenvalue weighted by atomic mass is 35.5. The van der Waals surface area contributed by atoms with Gasteiger partial charge in [-0.15, -0.1) is 0 Å². The molecule has 2 aromatic rings. The first kappa shape index (κ1) is 12.8. The van der Waals surface area contributed by atoms with Crippen LogP contribution in [0.5, 0.6) is 0 Å². The predicted octanol–water partition coefficient (Wildman–Crippen LogP) is 5.23. The van der Waals surface area contributed by atoms with Crippen molar-refractivity contribution in [3.8, 4) is 0 Å². The molecule has 0 aliphatic heterocycles. The molecule has 1 aliphatic rings. The van der Waals surface area contributed by atoms with Crippen LogP contribution in [-0.4, -0.2) is 0 Å². The molecule has 1 N–H and O–H groups in total. The molecule has 1 atom stereocenters. The molecule has 0 saturated heterocycles. The summed E-state index contributed by atoms with van der Waals surface area (Å²) in [5.74, 6) is -0.115. The first-order valence-corrected chi connectivity index (χ1v) is 6.89. The van der Waals surface area contributed by atoms with E-state index < -0.39 is 0 Å². The van der Waals surface area contributed by atoms with Crippen LogP contribution in [0.4, 0.5) is 10.1 Å². The largest absolute Gasteiger partial charge is 0.378 e. The van der Waals surface area contributed by atoms with E-state index in [0.717, 1.165) is 29.7 Å². The van der Waals surface area contributed by atoms with Crippen molar-refractivity contribution in [3.05, 3.63) is 63.4 Å². The molecule has 0 aromatic heterocycles. The molecule has 1 unspecified atom stereocenters. The van der Waals surface area contributed by atoms with Crippen molar-refractivity contribution in [2.75, 3.05) is 5.32 Å². The fourth-order valence-corrected chi connectivity index (χ4v) is 2.84. The summed E-state index contributed by atoms with van der Waals surface area (Å²) in [6.07, 6.45) is 1.65. The first-order valence-electron chi connectivity index (χ1n) is 6.14. The van der Waals surface area contributed by atoms with Crippen LogP contribution in [-0.2, 0) is 6.42 Å². The summed E-state index contributed by atoms with van der Waals surface area (Å²) >= 11 is 11.9. The molecular formula is C15H12Cl2FN. The average molecular weight is 296 g/mol. The van der Waals surface area contributed by atoms with Gasteiger partial charge in [0.2, 0.25) is 0 Å². The molecule has 0 amide bonds. The maximum atomic E-state index is 13.7. The van der Waals surface area contributed by atoms with Crippen LogP contribution in [0.25, 0.3) is 0 Å². The number of anilines is 1. The summed E-state index contributed by atoms with van der Waals surface area (Å²) in [6, 6.07) is 10.8. The van der Waals surface area contributed by atoms with Crippen LogP contribution in [0, 0.1) is 5.82 Å². The van der Waals surface area contributed by atoms with Crippen LogP contribution < -0.4 is 5.32 Å². The molecule has 1 aliphatic carbocycles. The second kappa shape index (κ2) is 5.03. The van der Waals surface area contributed by atoms with E-state index in [9.17, 15) is 4.39 Å². The van der Waals surface area contributed by atoms with Gasteiger partial charge in [0.25, 0.3) is 0 Å². The Labute approximate surface area is 121 Å². The Bertz CT molecular complexity index is 628. The fourth-order valence-electron chi connectivity index (χ4n) is 2.55. The zero-order valence-electron chi connectivity index (χ0n) is 10.1. The minimum atomic E-state index is -0.115. The molecule has 3 rings (SSSR count). The summed E-state index contributed by atoms with van der Waals surface area (Å²) < 4.78 is 13.7. The lowest BCUT2D eigenvalue weighted by Crippen LogP contribution is -2.07. The Morgan fingerprint density at radius 1 is 1.11 bits per heavy atom. The number of fused-ring (bicyclic) bond motifs is 1. The van der Waals surface area contributed by atoms with Crippen molar-refractivity contribution < 1.29 is 4.39 Å². The van der Waals surface area contributed by atoms with Crippen molar-refractivity contribution in [2.24, 2.45) is 0 Å². The van der Waals surface area contributed by atoms with Crippen molar-refractivity contribution in [1.82, 2.24) is 0 Å². The van der Waals surface area contributed by atoms with Gasteiger partial charge in [0.05, 0.1) is 16.1 Å².